The van der Waals surface area contributed by atoms with Gasteiger partial charge in [-0.25, -0.2) is 0 Å². The molecule has 0 atom stereocenters. The van der Waals surface area contributed by atoms with Crippen molar-refractivity contribution in [2.45, 2.75) is 13.5 Å². The van der Waals surface area contributed by atoms with Gasteiger partial charge < -0.3 is 5.32 Å². The fourth-order valence-corrected chi connectivity index (χ4v) is 2.82. The Labute approximate surface area is 149 Å². The van der Waals surface area contributed by atoms with Crippen LogP contribution in [0.3, 0.4) is 0 Å². The summed E-state index contributed by atoms with van der Waals surface area (Å²) in [5.41, 5.74) is 2.00. The van der Waals surface area contributed by atoms with Gasteiger partial charge in [0, 0.05) is 35.1 Å². The topological polar surface area (TPSA) is 51.1 Å². The fraction of sp³-hybridized carbons (Fsp3) is 0.111. The molecule has 1 heterocycles. The first kappa shape index (κ1) is 16.6. The molecule has 0 unspecified atom stereocenters. The highest BCUT2D eigenvalue weighted by molar-refractivity contribution is 6.31. The molecule has 0 fully saturated rings. The number of carbonyl (C=O) groups is 2. The average molecular weight is 361 g/mol. The number of nitrogens with one attached hydrogen (secondary N) is 1. The smallest absolute Gasteiger partial charge is 0.253 e. The van der Waals surface area contributed by atoms with E-state index in [4.69, 9.17) is 23.2 Å². The van der Waals surface area contributed by atoms with Crippen molar-refractivity contribution in [3.05, 3.63) is 69.8 Å². The van der Waals surface area contributed by atoms with Gasteiger partial charge >= 0.3 is 0 Å². The van der Waals surface area contributed by atoms with E-state index in [1.807, 2.05) is 12.1 Å². The van der Waals surface area contributed by atoms with Crippen LogP contribution in [0.25, 0.3) is 10.9 Å². The molecular weight excluding hydrogens is 347 g/mol. The highest BCUT2D eigenvalue weighted by atomic mass is 35.5. The third-order valence-electron chi connectivity index (χ3n) is 3.72. The number of amides is 1. The van der Waals surface area contributed by atoms with Crippen molar-refractivity contribution < 1.29 is 9.59 Å². The van der Waals surface area contributed by atoms with E-state index in [9.17, 15) is 9.59 Å². The maximum absolute atomic E-state index is 12.5. The van der Waals surface area contributed by atoms with Gasteiger partial charge in [-0.2, -0.15) is 0 Å². The van der Waals surface area contributed by atoms with Crippen LogP contribution in [-0.2, 0) is 6.54 Å². The lowest BCUT2D eigenvalue weighted by atomic mass is 10.1. The normalized spacial score (nSPS) is 10.8. The Balaban J connectivity index is 1.90. The van der Waals surface area contributed by atoms with Crippen molar-refractivity contribution in [2.75, 3.05) is 0 Å². The van der Waals surface area contributed by atoms with Crippen LogP contribution >= 0.6 is 23.2 Å². The molecule has 3 rings (SSSR count). The zero-order valence-electron chi connectivity index (χ0n) is 12.8. The standard InChI is InChI=1S/C18H14Cl2N2O2/c1-11(23)22-10-16(15-8-14(20)6-7-17(15)22)18(24)21-9-12-2-4-13(19)5-3-12/h2-8,10H,9H2,1H3,(H,21,24). The monoisotopic (exact) mass is 360 g/mol. The third kappa shape index (κ3) is 3.30. The molecule has 0 aliphatic heterocycles. The van der Waals surface area contributed by atoms with Crippen molar-refractivity contribution in [3.63, 3.8) is 0 Å². The number of halogens is 2. The molecular formula is C18H14Cl2N2O2. The number of nitrogens with zero attached hydrogens (tertiary/aromatic N) is 1. The summed E-state index contributed by atoms with van der Waals surface area (Å²) < 4.78 is 1.45. The van der Waals surface area contributed by atoms with Gasteiger partial charge in [0.05, 0.1) is 11.1 Å². The first-order chi connectivity index (χ1) is 11.5. The van der Waals surface area contributed by atoms with E-state index in [0.29, 0.717) is 33.1 Å². The Morgan fingerprint density at radius 2 is 1.71 bits per heavy atom. The molecule has 2 aromatic carbocycles. The lowest BCUT2D eigenvalue weighted by Crippen LogP contribution is -2.22. The van der Waals surface area contributed by atoms with Crippen LogP contribution in [0.5, 0.6) is 0 Å². The second-order valence-corrected chi connectivity index (χ2v) is 6.28. The lowest BCUT2D eigenvalue weighted by Gasteiger charge is -2.05. The van der Waals surface area contributed by atoms with E-state index in [2.05, 4.69) is 5.32 Å². The molecule has 0 radical (unpaired) electrons. The summed E-state index contributed by atoms with van der Waals surface area (Å²) in [6.45, 7) is 1.81. The summed E-state index contributed by atoms with van der Waals surface area (Å²) in [5.74, 6) is -0.434. The van der Waals surface area contributed by atoms with Crippen molar-refractivity contribution in [2.24, 2.45) is 0 Å². The molecule has 24 heavy (non-hydrogen) atoms. The van der Waals surface area contributed by atoms with E-state index in [1.165, 1.54) is 11.5 Å². The summed E-state index contributed by atoms with van der Waals surface area (Å²) in [4.78, 5) is 24.3. The van der Waals surface area contributed by atoms with Gasteiger partial charge in [-0.1, -0.05) is 35.3 Å². The zero-order valence-corrected chi connectivity index (χ0v) is 14.4. The van der Waals surface area contributed by atoms with Crippen LogP contribution in [0.15, 0.2) is 48.7 Å². The average Bonchev–Trinajstić information content (AvgIpc) is 2.93. The molecule has 0 spiro atoms. The van der Waals surface area contributed by atoms with Gasteiger partial charge in [-0.15, -0.1) is 0 Å². The molecule has 0 saturated heterocycles. The molecule has 0 bridgehead atoms. The maximum atomic E-state index is 12.5. The fourth-order valence-electron chi connectivity index (χ4n) is 2.52. The Morgan fingerprint density at radius 3 is 2.38 bits per heavy atom. The van der Waals surface area contributed by atoms with Crippen LogP contribution in [0.2, 0.25) is 10.0 Å². The van der Waals surface area contributed by atoms with Crippen molar-refractivity contribution in [1.82, 2.24) is 9.88 Å². The maximum Gasteiger partial charge on any atom is 0.253 e. The predicted octanol–water partition coefficient (Wildman–Crippen LogP) is 4.54. The van der Waals surface area contributed by atoms with Gasteiger partial charge in [0.2, 0.25) is 5.91 Å². The quantitative estimate of drug-likeness (QED) is 0.745. The van der Waals surface area contributed by atoms with Gasteiger partial charge in [-0.3, -0.25) is 14.2 Å². The SMILES string of the molecule is CC(=O)n1cc(C(=O)NCc2ccc(Cl)cc2)c2cc(Cl)ccc21. The van der Waals surface area contributed by atoms with Gasteiger partial charge in [0.1, 0.15) is 0 Å². The van der Waals surface area contributed by atoms with E-state index >= 15 is 0 Å². The van der Waals surface area contributed by atoms with E-state index in [1.54, 1.807) is 36.5 Å². The van der Waals surface area contributed by atoms with Crippen molar-refractivity contribution in [1.29, 1.82) is 0 Å². The second-order valence-electron chi connectivity index (χ2n) is 5.40. The van der Waals surface area contributed by atoms with Crippen molar-refractivity contribution in [3.8, 4) is 0 Å². The third-order valence-corrected chi connectivity index (χ3v) is 4.20. The molecule has 1 aromatic heterocycles. The first-order valence-electron chi connectivity index (χ1n) is 7.30. The molecule has 0 aliphatic rings. The van der Waals surface area contributed by atoms with Gasteiger partial charge in [0.25, 0.3) is 5.91 Å². The number of carbonyl (C=O) groups excluding carboxylic acids is 2. The molecule has 3 aromatic rings. The minimum atomic E-state index is -0.266. The molecule has 1 amide bonds. The molecule has 0 saturated carbocycles. The summed E-state index contributed by atoms with van der Waals surface area (Å²) in [7, 11) is 0. The number of benzene rings is 2. The summed E-state index contributed by atoms with van der Waals surface area (Å²) in [5, 5.41) is 4.65. The van der Waals surface area contributed by atoms with Gasteiger partial charge in [0.15, 0.2) is 0 Å². The Bertz CT molecular complexity index is 930. The van der Waals surface area contributed by atoms with Crippen LogP contribution < -0.4 is 5.32 Å². The number of aromatic nitrogens is 1. The summed E-state index contributed by atoms with van der Waals surface area (Å²) in [6, 6.07) is 12.3. The van der Waals surface area contributed by atoms with E-state index in [-0.39, 0.29) is 11.8 Å². The van der Waals surface area contributed by atoms with Crippen LogP contribution in [-0.4, -0.2) is 16.4 Å². The van der Waals surface area contributed by atoms with Crippen LogP contribution in [0.1, 0.15) is 27.6 Å². The predicted molar refractivity (Wildman–Crippen MR) is 95.9 cm³/mol. The highest BCUT2D eigenvalue weighted by Crippen LogP contribution is 2.25. The first-order valence-corrected chi connectivity index (χ1v) is 8.05. The molecule has 0 aliphatic carbocycles. The molecule has 6 heteroatoms. The zero-order chi connectivity index (χ0) is 17.3. The van der Waals surface area contributed by atoms with E-state index in [0.717, 1.165) is 5.56 Å². The van der Waals surface area contributed by atoms with Crippen LogP contribution in [0.4, 0.5) is 0 Å². The minimum absolute atomic E-state index is 0.168. The second kappa shape index (κ2) is 6.67. The highest BCUT2D eigenvalue weighted by Gasteiger charge is 2.17. The molecule has 1 N–H and O–H groups in total. The minimum Gasteiger partial charge on any atom is -0.348 e. The summed E-state index contributed by atoms with van der Waals surface area (Å²) >= 11 is 11.9. The number of hydrogen-bond acceptors (Lipinski definition) is 2. The number of hydrogen-bond donors (Lipinski definition) is 1. The number of fused-ring (bicyclic) bond motifs is 1. The lowest BCUT2D eigenvalue weighted by molar-refractivity contribution is 0.0941. The summed E-state index contributed by atoms with van der Waals surface area (Å²) in [6.07, 6.45) is 1.54. The molecule has 4 nitrogen and oxygen atoms in total. The Morgan fingerprint density at radius 1 is 1.04 bits per heavy atom. The van der Waals surface area contributed by atoms with Crippen LogP contribution in [0, 0.1) is 0 Å². The van der Waals surface area contributed by atoms with Gasteiger partial charge in [-0.05, 0) is 35.9 Å². The Kier molecular flexibility index (Phi) is 4.60. The van der Waals surface area contributed by atoms with Crippen molar-refractivity contribution >= 4 is 45.9 Å². The Hall–Kier alpha value is -2.30. The number of rotatable bonds is 3. The molecule has 122 valence electrons. The largest absolute Gasteiger partial charge is 0.348 e. The van der Waals surface area contributed by atoms with E-state index < -0.39 is 0 Å².